The van der Waals surface area contributed by atoms with Crippen LogP contribution in [-0.2, 0) is 6.42 Å². The molecule has 1 unspecified atom stereocenters. The van der Waals surface area contributed by atoms with Crippen molar-refractivity contribution in [3.8, 4) is 0 Å². The summed E-state index contributed by atoms with van der Waals surface area (Å²) in [4.78, 5) is 0. The highest BCUT2D eigenvalue weighted by Gasteiger charge is 2.17. The number of furan rings is 1. The molecule has 0 aliphatic heterocycles. The highest BCUT2D eigenvalue weighted by Crippen LogP contribution is 2.26. The van der Waals surface area contributed by atoms with Crippen molar-refractivity contribution in [3.63, 3.8) is 0 Å². The van der Waals surface area contributed by atoms with Crippen molar-refractivity contribution < 1.29 is 4.42 Å². The van der Waals surface area contributed by atoms with Crippen LogP contribution in [0, 0.1) is 12.8 Å². The summed E-state index contributed by atoms with van der Waals surface area (Å²) in [5, 5.41) is 3.35. The molecule has 0 bridgehead atoms. The minimum atomic E-state index is 0.127. The topological polar surface area (TPSA) is 25.2 Å². The van der Waals surface area contributed by atoms with Crippen LogP contribution in [0.15, 0.2) is 41.0 Å². The molecular weight excluding hydrogens is 234 g/mol. The summed E-state index contributed by atoms with van der Waals surface area (Å²) in [6.45, 7) is 6.58. The van der Waals surface area contributed by atoms with Crippen LogP contribution in [0.5, 0.6) is 0 Å². The summed E-state index contributed by atoms with van der Waals surface area (Å²) in [5.74, 6) is 1.68. The Hall–Kier alpha value is -1.54. The van der Waals surface area contributed by atoms with Crippen molar-refractivity contribution in [1.29, 1.82) is 0 Å². The summed E-state index contributed by atoms with van der Waals surface area (Å²) >= 11 is 0. The number of hydrogen-bond donors (Lipinski definition) is 1. The highest BCUT2D eigenvalue weighted by molar-refractivity contribution is 5.33. The first-order valence-corrected chi connectivity index (χ1v) is 6.92. The Morgan fingerprint density at radius 1 is 1.21 bits per heavy atom. The molecule has 1 atom stereocenters. The number of hydrogen-bond acceptors (Lipinski definition) is 2. The van der Waals surface area contributed by atoms with Crippen LogP contribution in [0.1, 0.15) is 42.3 Å². The molecule has 0 aliphatic rings. The molecule has 0 radical (unpaired) electrons. The number of benzene rings is 1. The fourth-order valence-electron chi connectivity index (χ4n) is 2.50. The van der Waals surface area contributed by atoms with Gasteiger partial charge in [-0.1, -0.05) is 38.1 Å². The predicted octanol–water partition coefficient (Wildman–Crippen LogP) is 4.10. The molecule has 2 rings (SSSR count). The van der Waals surface area contributed by atoms with Crippen molar-refractivity contribution in [2.24, 2.45) is 5.92 Å². The standard InChI is InChI=1S/C17H23NO/c1-12(2)10-14-6-5-7-15(11-14)16(18-4)17-13(3)8-9-19-17/h5-9,11-12,16,18H,10H2,1-4H3. The van der Waals surface area contributed by atoms with Crippen molar-refractivity contribution in [1.82, 2.24) is 5.32 Å². The monoisotopic (exact) mass is 257 g/mol. The van der Waals surface area contributed by atoms with Crippen molar-refractivity contribution in [2.75, 3.05) is 7.05 Å². The van der Waals surface area contributed by atoms with Crippen LogP contribution < -0.4 is 5.32 Å². The third-order valence-corrected chi connectivity index (χ3v) is 3.38. The molecule has 2 heteroatoms. The van der Waals surface area contributed by atoms with E-state index in [2.05, 4.69) is 50.4 Å². The minimum absolute atomic E-state index is 0.127. The fraction of sp³-hybridized carbons (Fsp3) is 0.412. The second-order valence-corrected chi connectivity index (χ2v) is 5.53. The van der Waals surface area contributed by atoms with Gasteiger partial charge in [0.15, 0.2) is 0 Å². The number of rotatable bonds is 5. The molecule has 0 aliphatic carbocycles. The Morgan fingerprint density at radius 3 is 2.58 bits per heavy atom. The molecule has 0 amide bonds. The van der Waals surface area contributed by atoms with Gasteiger partial charge in [-0.05, 0) is 49.1 Å². The Kier molecular flexibility index (Phi) is 4.43. The van der Waals surface area contributed by atoms with Gasteiger partial charge in [-0.15, -0.1) is 0 Å². The lowest BCUT2D eigenvalue weighted by atomic mass is 9.96. The van der Waals surface area contributed by atoms with Gasteiger partial charge in [-0.3, -0.25) is 0 Å². The van der Waals surface area contributed by atoms with Gasteiger partial charge in [0.25, 0.3) is 0 Å². The van der Waals surface area contributed by atoms with Gasteiger partial charge in [0.1, 0.15) is 5.76 Å². The van der Waals surface area contributed by atoms with Crippen molar-refractivity contribution in [2.45, 2.75) is 33.2 Å². The summed E-state index contributed by atoms with van der Waals surface area (Å²) in [6, 6.07) is 10.9. The van der Waals surface area contributed by atoms with Gasteiger partial charge < -0.3 is 9.73 Å². The van der Waals surface area contributed by atoms with E-state index in [-0.39, 0.29) is 6.04 Å². The van der Waals surface area contributed by atoms with Crippen LogP contribution in [0.3, 0.4) is 0 Å². The zero-order valence-corrected chi connectivity index (χ0v) is 12.2. The normalized spacial score (nSPS) is 12.9. The Balaban J connectivity index is 2.31. The van der Waals surface area contributed by atoms with E-state index in [9.17, 15) is 0 Å². The Morgan fingerprint density at radius 2 is 2.00 bits per heavy atom. The molecule has 1 heterocycles. The average molecular weight is 257 g/mol. The van der Waals surface area contributed by atoms with Crippen LogP contribution in [0.2, 0.25) is 0 Å². The first-order chi connectivity index (χ1) is 9.11. The molecule has 102 valence electrons. The fourth-order valence-corrected chi connectivity index (χ4v) is 2.50. The second kappa shape index (κ2) is 6.07. The molecule has 0 spiro atoms. The van der Waals surface area contributed by atoms with Gasteiger partial charge in [-0.2, -0.15) is 0 Å². The molecule has 0 fully saturated rings. The molecule has 0 saturated carbocycles. The average Bonchev–Trinajstić information content (AvgIpc) is 2.77. The Bertz CT molecular complexity index is 528. The molecule has 0 saturated heterocycles. The largest absolute Gasteiger partial charge is 0.467 e. The van der Waals surface area contributed by atoms with E-state index in [1.165, 1.54) is 16.7 Å². The molecule has 1 N–H and O–H groups in total. The smallest absolute Gasteiger partial charge is 0.128 e. The lowest BCUT2D eigenvalue weighted by Gasteiger charge is -2.17. The maximum Gasteiger partial charge on any atom is 0.128 e. The van der Waals surface area contributed by atoms with Crippen LogP contribution >= 0.6 is 0 Å². The van der Waals surface area contributed by atoms with E-state index < -0.39 is 0 Å². The van der Waals surface area contributed by atoms with Gasteiger partial charge in [-0.25, -0.2) is 0 Å². The molecule has 2 nitrogen and oxygen atoms in total. The molecule has 1 aromatic carbocycles. The van der Waals surface area contributed by atoms with E-state index >= 15 is 0 Å². The van der Waals surface area contributed by atoms with Crippen LogP contribution in [0.25, 0.3) is 0 Å². The highest BCUT2D eigenvalue weighted by atomic mass is 16.3. The number of aryl methyl sites for hydroxylation is 1. The SMILES string of the molecule is CNC(c1cccc(CC(C)C)c1)c1occc1C. The lowest BCUT2D eigenvalue weighted by Crippen LogP contribution is -2.18. The predicted molar refractivity (Wildman–Crippen MR) is 79.3 cm³/mol. The zero-order valence-electron chi connectivity index (χ0n) is 12.2. The van der Waals surface area contributed by atoms with Crippen LogP contribution in [-0.4, -0.2) is 7.05 Å². The summed E-state index contributed by atoms with van der Waals surface area (Å²) < 4.78 is 5.63. The maximum atomic E-state index is 5.63. The second-order valence-electron chi connectivity index (χ2n) is 5.53. The van der Waals surface area contributed by atoms with E-state index in [0.717, 1.165) is 12.2 Å². The minimum Gasteiger partial charge on any atom is -0.467 e. The zero-order chi connectivity index (χ0) is 13.8. The van der Waals surface area contributed by atoms with Gasteiger partial charge >= 0.3 is 0 Å². The van der Waals surface area contributed by atoms with Crippen molar-refractivity contribution in [3.05, 3.63) is 59.0 Å². The molecule has 19 heavy (non-hydrogen) atoms. The lowest BCUT2D eigenvalue weighted by molar-refractivity contribution is 0.460. The van der Waals surface area contributed by atoms with E-state index in [1.54, 1.807) is 6.26 Å². The maximum absolute atomic E-state index is 5.63. The Labute approximate surface area is 115 Å². The molecule has 1 aromatic heterocycles. The van der Waals surface area contributed by atoms with Gasteiger partial charge in [0, 0.05) is 0 Å². The van der Waals surface area contributed by atoms with E-state index in [1.807, 2.05) is 13.1 Å². The molecular formula is C17H23NO. The summed E-state index contributed by atoms with van der Waals surface area (Å²) in [5.41, 5.74) is 3.84. The first kappa shape index (κ1) is 13.9. The van der Waals surface area contributed by atoms with E-state index in [0.29, 0.717) is 5.92 Å². The third kappa shape index (κ3) is 3.27. The van der Waals surface area contributed by atoms with Gasteiger partial charge in [0.2, 0.25) is 0 Å². The van der Waals surface area contributed by atoms with E-state index in [4.69, 9.17) is 4.42 Å². The number of nitrogens with one attached hydrogen (secondary N) is 1. The van der Waals surface area contributed by atoms with Crippen molar-refractivity contribution >= 4 is 0 Å². The van der Waals surface area contributed by atoms with Gasteiger partial charge in [0.05, 0.1) is 12.3 Å². The summed E-state index contributed by atoms with van der Waals surface area (Å²) in [6.07, 6.45) is 2.87. The quantitative estimate of drug-likeness (QED) is 0.872. The van der Waals surface area contributed by atoms with Crippen LogP contribution in [0.4, 0.5) is 0 Å². The first-order valence-electron chi connectivity index (χ1n) is 6.92. The molecule has 2 aromatic rings. The third-order valence-electron chi connectivity index (χ3n) is 3.38. The summed E-state index contributed by atoms with van der Waals surface area (Å²) in [7, 11) is 1.97.